The fraction of sp³-hybridized carbons (Fsp3) is 0.488. The number of hydrogen-bond acceptors (Lipinski definition) is 8. The van der Waals surface area contributed by atoms with Gasteiger partial charge >= 0.3 is 12.2 Å². The Morgan fingerprint density at radius 3 is 1.61 bits per heavy atom. The topological polar surface area (TPSA) is 175 Å². The van der Waals surface area contributed by atoms with Crippen molar-refractivity contribution in [1.82, 2.24) is 40.4 Å². The molecule has 57 heavy (non-hydrogen) atoms. The SMILES string of the molecule is COC(=O)N[C@H](C(=O)N1CCC[C@H]1c1ncc(-c2ccc(-c3ccc(-c4[nH]c([C@@H]5CCCN5C(=O)[C@@H](NC(=O)OC)C(C)C)nc4C4CC4)cc3)cc2)[nH]1)C(C)C. The molecule has 4 amide bonds. The maximum absolute atomic E-state index is 13.7. The van der Waals surface area contributed by atoms with Crippen molar-refractivity contribution in [2.75, 3.05) is 27.3 Å². The highest BCUT2D eigenvalue weighted by atomic mass is 16.5. The van der Waals surface area contributed by atoms with Crippen LogP contribution in [0.2, 0.25) is 0 Å². The van der Waals surface area contributed by atoms with Crippen LogP contribution in [0.4, 0.5) is 9.59 Å². The highest BCUT2D eigenvalue weighted by Gasteiger charge is 2.40. The summed E-state index contributed by atoms with van der Waals surface area (Å²) >= 11 is 0. The fourth-order valence-electron chi connectivity index (χ4n) is 8.15. The number of nitrogens with one attached hydrogen (secondary N) is 4. The lowest BCUT2D eigenvalue weighted by atomic mass is 10.00. The summed E-state index contributed by atoms with van der Waals surface area (Å²) in [6.45, 7) is 8.85. The Labute approximate surface area is 333 Å². The zero-order valence-corrected chi connectivity index (χ0v) is 33.6. The first-order chi connectivity index (χ1) is 27.5. The molecule has 0 unspecified atom stereocenters. The average Bonchev–Trinajstić information content (AvgIpc) is 3.66. The van der Waals surface area contributed by atoms with E-state index in [1.807, 2.05) is 43.7 Å². The van der Waals surface area contributed by atoms with Crippen LogP contribution in [0, 0.1) is 11.8 Å². The zero-order chi connectivity index (χ0) is 40.4. The van der Waals surface area contributed by atoms with Crippen LogP contribution < -0.4 is 10.6 Å². The van der Waals surface area contributed by atoms with Crippen LogP contribution in [0.5, 0.6) is 0 Å². The number of imidazole rings is 2. The van der Waals surface area contributed by atoms with E-state index in [2.05, 4.69) is 69.1 Å². The van der Waals surface area contributed by atoms with Gasteiger partial charge in [0, 0.05) is 19.0 Å². The molecule has 4 atom stereocenters. The lowest BCUT2D eigenvalue weighted by Gasteiger charge is -2.30. The number of likely N-dealkylation sites (tertiary alicyclic amines) is 2. The lowest BCUT2D eigenvalue weighted by molar-refractivity contribution is -0.136. The zero-order valence-electron chi connectivity index (χ0n) is 33.6. The number of aromatic amines is 2. The number of hydrogen-bond donors (Lipinski definition) is 4. The minimum atomic E-state index is -0.687. The molecule has 0 radical (unpaired) electrons. The van der Waals surface area contributed by atoms with Gasteiger partial charge < -0.3 is 39.9 Å². The summed E-state index contributed by atoms with van der Waals surface area (Å²) in [4.78, 5) is 71.9. The van der Waals surface area contributed by atoms with Crippen molar-refractivity contribution < 1.29 is 28.7 Å². The number of alkyl carbamates (subject to hydrolysis) is 2. The Balaban J connectivity index is 1.05. The van der Waals surface area contributed by atoms with Gasteiger partial charge in [0.1, 0.15) is 23.7 Å². The van der Waals surface area contributed by atoms with Crippen LogP contribution in [0.15, 0.2) is 54.7 Å². The molecule has 14 nitrogen and oxygen atoms in total. The number of rotatable bonds is 12. The summed E-state index contributed by atoms with van der Waals surface area (Å²) < 4.78 is 9.56. The second-order valence-corrected chi connectivity index (χ2v) is 16.1. The number of benzene rings is 2. The van der Waals surface area contributed by atoms with Gasteiger partial charge in [0.2, 0.25) is 11.8 Å². The third-order valence-electron chi connectivity index (χ3n) is 11.5. The van der Waals surface area contributed by atoms with Crippen LogP contribution >= 0.6 is 0 Å². The van der Waals surface area contributed by atoms with E-state index in [9.17, 15) is 19.2 Å². The molecule has 14 heteroatoms. The van der Waals surface area contributed by atoms with Crippen molar-refractivity contribution in [2.24, 2.45) is 11.8 Å². The van der Waals surface area contributed by atoms with Crippen LogP contribution in [0.3, 0.4) is 0 Å². The molecule has 2 aromatic carbocycles. The molecule has 1 aliphatic carbocycles. The second kappa shape index (κ2) is 16.8. The molecular formula is C43H54N8O6. The van der Waals surface area contributed by atoms with Crippen molar-refractivity contribution in [3.63, 3.8) is 0 Å². The van der Waals surface area contributed by atoms with Crippen LogP contribution in [-0.2, 0) is 19.1 Å². The van der Waals surface area contributed by atoms with Gasteiger partial charge in [-0.2, -0.15) is 0 Å². The summed E-state index contributed by atoms with van der Waals surface area (Å²) in [5.41, 5.74) is 7.10. The number of methoxy groups -OCH3 is 2. The molecule has 2 aromatic heterocycles. The summed E-state index contributed by atoms with van der Waals surface area (Å²) in [6, 6.07) is 15.0. The molecule has 1 saturated carbocycles. The van der Waals surface area contributed by atoms with Gasteiger partial charge in [0.15, 0.2) is 0 Å². The molecule has 7 rings (SSSR count). The lowest BCUT2D eigenvalue weighted by Crippen LogP contribution is -2.51. The number of ether oxygens (including phenoxy) is 2. The smallest absolute Gasteiger partial charge is 0.407 e. The van der Waals surface area contributed by atoms with E-state index in [1.165, 1.54) is 14.2 Å². The van der Waals surface area contributed by atoms with Gasteiger partial charge in [-0.15, -0.1) is 0 Å². The predicted molar refractivity (Wildman–Crippen MR) is 215 cm³/mol. The van der Waals surface area contributed by atoms with E-state index in [0.29, 0.717) is 19.0 Å². The van der Waals surface area contributed by atoms with Crippen LogP contribution in [-0.4, -0.2) is 93.1 Å². The van der Waals surface area contributed by atoms with Gasteiger partial charge in [0.25, 0.3) is 0 Å². The minimum Gasteiger partial charge on any atom is -0.453 e. The van der Waals surface area contributed by atoms with Gasteiger partial charge in [0.05, 0.1) is 49.6 Å². The molecule has 4 heterocycles. The summed E-state index contributed by atoms with van der Waals surface area (Å²) in [6.07, 6.45) is 6.05. The standard InChI is InChI=1S/C43H54N8O6/c1-24(2)34(48-42(54)56-5)40(52)50-21-7-9-32(50)38-44-23-31(45-38)28-15-11-26(12-16-28)27-13-17-29(18-14-27)36-37(30-19-20-30)47-39(46-36)33-10-8-22-51(33)41(53)35(25(3)4)49-43(55)57-6/h11-18,23-25,30,32-35H,7-10,19-22H2,1-6H3,(H,44,45)(H,46,47)(H,48,54)(H,49,55)/t32-,33-,34-,35-/m0/s1. The molecule has 4 N–H and O–H groups in total. The Bertz CT molecular complexity index is 2070. The largest absolute Gasteiger partial charge is 0.453 e. The maximum atomic E-state index is 13.7. The van der Waals surface area contributed by atoms with E-state index in [1.54, 1.807) is 0 Å². The minimum absolute atomic E-state index is 0.102. The van der Waals surface area contributed by atoms with E-state index < -0.39 is 24.3 Å². The molecular weight excluding hydrogens is 725 g/mol. The summed E-state index contributed by atoms with van der Waals surface area (Å²) in [5.74, 6) is 1.45. The Morgan fingerprint density at radius 2 is 1.14 bits per heavy atom. The highest BCUT2D eigenvalue weighted by molar-refractivity contribution is 5.87. The maximum Gasteiger partial charge on any atom is 0.407 e. The normalized spacial score (nSPS) is 19.2. The number of H-pyrrole nitrogens is 2. The quantitative estimate of drug-likeness (QED) is 0.118. The average molecular weight is 779 g/mol. The van der Waals surface area contributed by atoms with Gasteiger partial charge in [-0.1, -0.05) is 76.2 Å². The number of nitrogens with zero attached hydrogens (tertiary/aromatic N) is 4. The third-order valence-corrected chi connectivity index (χ3v) is 11.5. The summed E-state index contributed by atoms with van der Waals surface area (Å²) in [5, 5.41) is 5.43. The summed E-state index contributed by atoms with van der Waals surface area (Å²) in [7, 11) is 2.59. The van der Waals surface area contributed by atoms with Crippen LogP contribution in [0.1, 0.15) is 102 Å². The number of amides is 4. The Morgan fingerprint density at radius 1 is 0.667 bits per heavy atom. The first kappa shape index (κ1) is 39.6. The molecule has 3 fully saturated rings. The number of carbonyl (C=O) groups excluding carboxylic acids is 4. The monoisotopic (exact) mass is 778 g/mol. The van der Waals surface area contributed by atoms with Gasteiger partial charge in [-0.05, 0) is 72.6 Å². The van der Waals surface area contributed by atoms with Crippen molar-refractivity contribution in [2.45, 2.75) is 96.3 Å². The van der Waals surface area contributed by atoms with Crippen molar-refractivity contribution in [1.29, 1.82) is 0 Å². The first-order valence-corrected chi connectivity index (χ1v) is 20.1. The molecule has 0 spiro atoms. The van der Waals surface area contributed by atoms with Gasteiger partial charge in [-0.3, -0.25) is 9.59 Å². The molecule has 2 aliphatic heterocycles. The van der Waals surface area contributed by atoms with E-state index in [4.69, 9.17) is 19.4 Å². The van der Waals surface area contributed by atoms with Crippen LogP contribution in [0.25, 0.3) is 33.6 Å². The highest BCUT2D eigenvalue weighted by Crippen LogP contribution is 2.45. The molecule has 3 aliphatic rings. The first-order valence-electron chi connectivity index (χ1n) is 20.1. The Hall–Kier alpha value is -5.66. The van der Waals surface area contributed by atoms with Crippen molar-refractivity contribution in [3.8, 4) is 33.6 Å². The third kappa shape index (κ3) is 8.40. The van der Waals surface area contributed by atoms with Crippen molar-refractivity contribution in [3.05, 3.63) is 72.1 Å². The van der Waals surface area contributed by atoms with E-state index in [0.717, 1.165) is 89.5 Å². The Kier molecular flexibility index (Phi) is 11.7. The second-order valence-electron chi connectivity index (χ2n) is 16.1. The van der Waals surface area contributed by atoms with E-state index >= 15 is 0 Å². The molecule has 2 saturated heterocycles. The van der Waals surface area contributed by atoms with E-state index in [-0.39, 0.29) is 35.7 Å². The predicted octanol–water partition coefficient (Wildman–Crippen LogP) is 7.10. The fourth-order valence-corrected chi connectivity index (χ4v) is 8.15. The number of aromatic nitrogens is 4. The van der Waals surface area contributed by atoms with Crippen molar-refractivity contribution >= 4 is 24.0 Å². The molecule has 302 valence electrons. The number of carbonyl (C=O) groups is 4. The molecule has 0 bridgehead atoms. The van der Waals surface area contributed by atoms with Gasteiger partial charge in [-0.25, -0.2) is 19.6 Å². The molecule has 4 aromatic rings.